The standard InChI is InChI=1S/C26H25N3/c1-18-7-8-25-23(14-18)24-17-28-13-3-6-21(28)16-26(24)29(25)22-5-2-4-20(15-22)19-9-11-27-12-10-19/h2,4-5,7-12,14-15,21H,3,6,13,16-17H2,1H3. The third kappa shape index (κ3) is 2.72. The maximum Gasteiger partial charge on any atom is 0.0535 e. The van der Waals surface area contributed by atoms with Gasteiger partial charge in [0.05, 0.1) is 5.52 Å². The molecule has 2 aliphatic rings. The minimum Gasteiger partial charge on any atom is -0.313 e. The van der Waals surface area contributed by atoms with Gasteiger partial charge in [0.1, 0.15) is 0 Å². The van der Waals surface area contributed by atoms with E-state index in [1.807, 2.05) is 12.4 Å². The Balaban J connectivity index is 1.57. The summed E-state index contributed by atoms with van der Waals surface area (Å²) < 4.78 is 2.53. The molecule has 0 spiro atoms. The first kappa shape index (κ1) is 17.0. The number of aryl methyl sites for hydroxylation is 1. The molecule has 1 unspecified atom stereocenters. The molecule has 1 fully saturated rings. The molecule has 1 atom stereocenters. The number of hydrogen-bond donors (Lipinski definition) is 0. The van der Waals surface area contributed by atoms with Crippen LogP contribution in [0.4, 0.5) is 0 Å². The Labute approximate surface area is 171 Å². The summed E-state index contributed by atoms with van der Waals surface area (Å²) in [7, 11) is 0. The fourth-order valence-corrected chi connectivity index (χ4v) is 5.34. The van der Waals surface area contributed by atoms with Crippen molar-refractivity contribution in [3.05, 3.63) is 83.8 Å². The van der Waals surface area contributed by atoms with Crippen molar-refractivity contribution >= 4 is 10.9 Å². The average Bonchev–Trinajstić information content (AvgIpc) is 3.34. The van der Waals surface area contributed by atoms with Crippen LogP contribution in [0.1, 0.15) is 29.7 Å². The van der Waals surface area contributed by atoms with Crippen LogP contribution in [0.3, 0.4) is 0 Å². The Morgan fingerprint density at radius 2 is 1.86 bits per heavy atom. The first-order chi connectivity index (χ1) is 14.3. The van der Waals surface area contributed by atoms with Gasteiger partial charge in [0.15, 0.2) is 0 Å². The van der Waals surface area contributed by atoms with Gasteiger partial charge < -0.3 is 4.57 Å². The Morgan fingerprint density at radius 1 is 0.966 bits per heavy atom. The molecule has 0 amide bonds. The van der Waals surface area contributed by atoms with Gasteiger partial charge in [-0.1, -0.05) is 23.8 Å². The molecule has 0 aliphatic carbocycles. The Hall–Kier alpha value is -2.91. The SMILES string of the molecule is Cc1ccc2c(c1)c1c(n2-c2cccc(-c3ccncc3)c2)CC2CCCN2C1. The summed E-state index contributed by atoms with van der Waals surface area (Å²) in [6, 6.07) is 20.8. The van der Waals surface area contributed by atoms with Crippen molar-refractivity contribution in [2.75, 3.05) is 6.54 Å². The second-order valence-corrected chi connectivity index (χ2v) is 8.54. The summed E-state index contributed by atoms with van der Waals surface area (Å²) in [5.74, 6) is 0. The molecule has 2 aromatic heterocycles. The molecule has 2 aromatic carbocycles. The zero-order valence-corrected chi connectivity index (χ0v) is 16.8. The third-order valence-electron chi connectivity index (χ3n) is 6.74. The van der Waals surface area contributed by atoms with Crippen molar-refractivity contribution in [1.82, 2.24) is 14.5 Å². The van der Waals surface area contributed by atoms with Crippen LogP contribution < -0.4 is 0 Å². The molecular formula is C26H25N3. The maximum absolute atomic E-state index is 4.17. The zero-order valence-electron chi connectivity index (χ0n) is 16.8. The van der Waals surface area contributed by atoms with Crippen LogP contribution in [0.2, 0.25) is 0 Å². The van der Waals surface area contributed by atoms with E-state index < -0.39 is 0 Å². The first-order valence-electron chi connectivity index (χ1n) is 10.7. The molecule has 144 valence electrons. The number of fused-ring (bicyclic) bond motifs is 4. The van der Waals surface area contributed by atoms with Crippen LogP contribution in [0.15, 0.2) is 67.0 Å². The molecule has 0 radical (unpaired) electrons. The topological polar surface area (TPSA) is 21.1 Å². The quantitative estimate of drug-likeness (QED) is 0.457. The summed E-state index contributed by atoms with van der Waals surface area (Å²) in [4.78, 5) is 6.87. The molecule has 0 bridgehead atoms. The Bertz CT molecular complexity index is 1210. The van der Waals surface area contributed by atoms with E-state index in [0.717, 1.165) is 13.0 Å². The minimum absolute atomic E-state index is 0.704. The van der Waals surface area contributed by atoms with E-state index in [2.05, 4.69) is 76.0 Å². The number of hydrogen-bond acceptors (Lipinski definition) is 2. The summed E-state index contributed by atoms with van der Waals surface area (Å²) in [5, 5.41) is 1.43. The minimum atomic E-state index is 0.704. The Kier molecular flexibility index (Phi) is 3.85. The van der Waals surface area contributed by atoms with Gasteiger partial charge in [-0.25, -0.2) is 0 Å². The predicted molar refractivity (Wildman–Crippen MR) is 118 cm³/mol. The Morgan fingerprint density at radius 3 is 2.76 bits per heavy atom. The maximum atomic E-state index is 4.17. The second-order valence-electron chi connectivity index (χ2n) is 8.54. The lowest BCUT2D eigenvalue weighted by Crippen LogP contribution is -2.35. The fourth-order valence-electron chi connectivity index (χ4n) is 5.34. The van der Waals surface area contributed by atoms with E-state index in [0.29, 0.717) is 6.04 Å². The first-order valence-corrected chi connectivity index (χ1v) is 10.7. The van der Waals surface area contributed by atoms with Crippen molar-refractivity contribution in [3.8, 4) is 16.8 Å². The van der Waals surface area contributed by atoms with E-state index in [9.17, 15) is 0 Å². The molecule has 4 heterocycles. The highest BCUT2D eigenvalue weighted by atomic mass is 15.2. The van der Waals surface area contributed by atoms with E-state index >= 15 is 0 Å². The van der Waals surface area contributed by atoms with Crippen molar-refractivity contribution in [2.45, 2.75) is 38.8 Å². The molecule has 0 N–H and O–H groups in total. The third-order valence-corrected chi connectivity index (χ3v) is 6.74. The van der Waals surface area contributed by atoms with E-state index in [-0.39, 0.29) is 0 Å². The molecule has 3 heteroatoms. The van der Waals surface area contributed by atoms with Gasteiger partial charge in [-0.2, -0.15) is 0 Å². The zero-order chi connectivity index (χ0) is 19.4. The van der Waals surface area contributed by atoms with Crippen molar-refractivity contribution in [2.24, 2.45) is 0 Å². The van der Waals surface area contributed by atoms with Gasteiger partial charge in [0.25, 0.3) is 0 Å². The smallest absolute Gasteiger partial charge is 0.0535 e. The monoisotopic (exact) mass is 379 g/mol. The van der Waals surface area contributed by atoms with Crippen molar-refractivity contribution in [1.29, 1.82) is 0 Å². The van der Waals surface area contributed by atoms with Crippen LogP contribution in [0.5, 0.6) is 0 Å². The highest BCUT2D eigenvalue weighted by Crippen LogP contribution is 2.39. The number of pyridine rings is 1. The normalized spacial score (nSPS) is 18.7. The molecule has 3 nitrogen and oxygen atoms in total. The van der Waals surface area contributed by atoms with Crippen LogP contribution >= 0.6 is 0 Å². The lowest BCUT2D eigenvalue weighted by molar-refractivity contribution is 0.226. The lowest BCUT2D eigenvalue weighted by Gasteiger charge is -2.30. The van der Waals surface area contributed by atoms with Gasteiger partial charge >= 0.3 is 0 Å². The summed E-state index contributed by atoms with van der Waals surface area (Å²) in [6.45, 7) is 4.55. The molecule has 0 saturated carbocycles. The van der Waals surface area contributed by atoms with Gasteiger partial charge in [-0.3, -0.25) is 9.88 Å². The molecule has 6 rings (SSSR count). The summed E-state index contributed by atoms with van der Waals surface area (Å²) in [5.41, 5.74) is 9.45. The van der Waals surface area contributed by atoms with Gasteiger partial charge in [-0.15, -0.1) is 0 Å². The highest BCUT2D eigenvalue weighted by molar-refractivity contribution is 5.88. The molecule has 29 heavy (non-hydrogen) atoms. The van der Waals surface area contributed by atoms with Gasteiger partial charge in [0.2, 0.25) is 0 Å². The van der Waals surface area contributed by atoms with Gasteiger partial charge in [-0.05, 0) is 79.4 Å². The van der Waals surface area contributed by atoms with Crippen LogP contribution in [0.25, 0.3) is 27.7 Å². The largest absolute Gasteiger partial charge is 0.313 e. The molecule has 1 saturated heterocycles. The van der Waals surface area contributed by atoms with Crippen molar-refractivity contribution in [3.63, 3.8) is 0 Å². The fraction of sp³-hybridized carbons (Fsp3) is 0.269. The van der Waals surface area contributed by atoms with E-state index in [1.54, 1.807) is 0 Å². The average molecular weight is 380 g/mol. The van der Waals surface area contributed by atoms with E-state index in [4.69, 9.17) is 0 Å². The van der Waals surface area contributed by atoms with Crippen molar-refractivity contribution < 1.29 is 0 Å². The van der Waals surface area contributed by atoms with Crippen LogP contribution in [-0.2, 0) is 13.0 Å². The summed E-state index contributed by atoms with van der Waals surface area (Å²) in [6.07, 6.45) is 7.56. The lowest BCUT2D eigenvalue weighted by atomic mass is 9.98. The number of rotatable bonds is 2. The van der Waals surface area contributed by atoms with Crippen LogP contribution in [0, 0.1) is 6.92 Å². The van der Waals surface area contributed by atoms with E-state index in [1.165, 1.54) is 63.9 Å². The van der Waals surface area contributed by atoms with Crippen LogP contribution in [-0.4, -0.2) is 27.0 Å². The second kappa shape index (κ2) is 6.57. The molecule has 2 aliphatic heterocycles. The number of benzene rings is 2. The molecular weight excluding hydrogens is 354 g/mol. The predicted octanol–water partition coefficient (Wildman–Crippen LogP) is 5.52. The van der Waals surface area contributed by atoms with Gasteiger partial charge in [0, 0.05) is 48.2 Å². The number of aromatic nitrogens is 2. The number of nitrogens with zero attached hydrogens (tertiary/aromatic N) is 3. The molecule has 4 aromatic rings. The highest BCUT2D eigenvalue weighted by Gasteiger charge is 2.33. The summed E-state index contributed by atoms with van der Waals surface area (Å²) >= 11 is 0.